The van der Waals surface area contributed by atoms with Crippen LogP contribution in [0.15, 0.2) is 44.9 Å². The second-order valence-electron chi connectivity index (χ2n) is 4.20. The minimum absolute atomic E-state index is 0.0558. The van der Waals surface area contributed by atoms with E-state index in [0.29, 0.717) is 0 Å². The molecule has 1 atom stereocenters. The normalized spacial score (nSPS) is 12.9. The van der Waals surface area contributed by atoms with Gasteiger partial charge >= 0.3 is 0 Å². The van der Waals surface area contributed by atoms with Gasteiger partial charge in [0.15, 0.2) is 0 Å². The average Bonchev–Trinajstić information content (AvgIpc) is 3.05. The lowest BCUT2D eigenvalue weighted by Gasteiger charge is -2.11. The second kappa shape index (κ2) is 5.42. The van der Waals surface area contributed by atoms with Crippen molar-refractivity contribution >= 4 is 38.2 Å². The first-order valence-corrected chi connectivity index (χ1v) is 7.46. The number of rotatable bonds is 4. The Balaban J connectivity index is 1.95. The number of aromatic nitrogens is 1. The lowest BCUT2D eigenvalue weighted by molar-refractivity contribution is 0.435. The minimum Gasteiger partial charge on any atom is -0.458 e. The van der Waals surface area contributed by atoms with Crippen molar-refractivity contribution in [3.05, 3.63) is 51.1 Å². The molecule has 19 heavy (non-hydrogen) atoms. The predicted octanol–water partition coefficient (Wildman–Crippen LogP) is 3.40. The van der Waals surface area contributed by atoms with Gasteiger partial charge in [-0.3, -0.25) is 10.8 Å². The Bertz CT molecular complexity index is 680. The van der Waals surface area contributed by atoms with E-state index in [1.54, 1.807) is 11.3 Å². The van der Waals surface area contributed by atoms with E-state index < -0.39 is 0 Å². The van der Waals surface area contributed by atoms with Crippen LogP contribution < -0.4 is 11.3 Å². The lowest BCUT2D eigenvalue weighted by atomic mass is 10.1. The van der Waals surface area contributed by atoms with Crippen LogP contribution >= 0.6 is 27.3 Å². The largest absolute Gasteiger partial charge is 0.458 e. The van der Waals surface area contributed by atoms with Crippen LogP contribution in [0.2, 0.25) is 0 Å². The van der Waals surface area contributed by atoms with E-state index in [4.69, 9.17) is 10.3 Å². The number of hydrogen-bond acceptors (Lipinski definition) is 5. The summed E-state index contributed by atoms with van der Waals surface area (Å²) in [7, 11) is 0. The summed E-state index contributed by atoms with van der Waals surface area (Å²) in [6.07, 6.45) is 2.62. The van der Waals surface area contributed by atoms with Crippen LogP contribution in [0.5, 0.6) is 0 Å². The SMILES string of the molecule is NNC(Cc1cncs1)c1cc2cccc(Br)c2o1. The Labute approximate surface area is 122 Å². The number of fused-ring (bicyclic) bond motifs is 1. The van der Waals surface area contributed by atoms with Crippen molar-refractivity contribution in [1.82, 2.24) is 10.4 Å². The molecule has 2 aromatic heterocycles. The third-order valence-corrected chi connectivity index (χ3v) is 4.37. The van der Waals surface area contributed by atoms with Gasteiger partial charge in [-0.15, -0.1) is 11.3 Å². The van der Waals surface area contributed by atoms with E-state index >= 15 is 0 Å². The zero-order valence-corrected chi connectivity index (χ0v) is 12.4. The Kier molecular flexibility index (Phi) is 3.65. The number of hydrogen-bond donors (Lipinski definition) is 2. The predicted molar refractivity (Wildman–Crippen MR) is 79.8 cm³/mol. The molecular formula is C13H12BrN3OS. The summed E-state index contributed by atoms with van der Waals surface area (Å²) < 4.78 is 6.84. The molecule has 0 radical (unpaired) electrons. The maximum Gasteiger partial charge on any atom is 0.148 e. The molecule has 1 unspecified atom stereocenters. The highest BCUT2D eigenvalue weighted by Crippen LogP contribution is 2.30. The summed E-state index contributed by atoms with van der Waals surface area (Å²) >= 11 is 5.10. The number of para-hydroxylation sites is 1. The molecule has 3 aromatic rings. The van der Waals surface area contributed by atoms with E-state index in [-0.39, 0.29) is 6.04 Å². The number of hydrazine groups is 1. The topological polar surface area (TPSA) is 64.1 Å². The number of furan rings is 1. The molecule has 1 aromatic carbocycles. The fraction of sp³-hybridized carbons (Fsp3) is 0.154. The average molecular weight is 338 g/mol. The third-order valence-electron chi connectivity index (χ3n) is 2.95. The van der Waals surface area contributed by atoms with E-state index in [9.17, 15) is 0 Å². The van der Waals surface area contributed by atoms with Gasteiger partial charge in [0, 0.05) is 22.9 Å². The van der Waals surface area contributed by atoms with Crippen molar-refractivity contribution in [3.63, 3.8) is 0 Å². The summed E-state index contributed by atoms with van der Waals surface area (Å²) in [6.45, 7) is 0. The van der Waals surface area contributed by atoms with Gasteiger partial charge in [0.25, 0.3) is 0 Å². The number of nitrogens with one attached hydrogen (secondary N) is 1. The van der Waals surface area contributed by atoms with Crippen molar-refractivity contribution in [2.24, 2.45) is 5.84 Å². The van der Waals surface area contributed by atoms with Gasteiger partial charge in [-0.1, -0.05) is 12.1 Å². The van der Waals surface area contributed by atoms with E-state index in [1.807, 2.05) is 36.0 Å². The minimum atomic E-state index is -0.0558. The van der Waals surface area contributed by atoms with E-state index in [1.165, 1.54) is 4.88 Å². The van der Waals surface area contributed by atoms with Gasteiger partial charge in [-0.2, -0.15) is 0 Å². The molecule has 3 N–H and O–H groups in total. The van der Waals surface area contributed by atoms with Crippen LogP contribution in [-0.2, 0) is 6.42 Å². The maximum absolute atomic E-state index is 5.90. The summed E-state index contributed by atoms with van der Waals surface area (Å²) in [5, 5.41) is 1.06. The number of benzene rings is 1. The molecular weight excluding hydrogens is 326 g/mol. The number of halogens is 1. The van der Waals surface area contributed by atoms with E-state index in [2.05, 4.69) is 26.3 Å². The molecule has 0 amide bonds. The zero-order valence-electron chi connectivity index (χ0n) is 9.97. The van der Waals surface area contributed by atoms with Crippen molar-refractivity contribution in [2.45, 2.75) is 12.5 Å². The molecule has 98 valence electrons. The molecule has 0 saturated carbocycles. The standard InChI is InChI=1S/C13H12BrN3OS/c14-10-3-1-2-8-4-12(18-13(8)10)11(17-15)5-9-6-16-7-19-9/h1-4,6-7,11,17H,5,15H2. The second-order valence-corrected chi connectivity index (χ2v) is 6.02. The highest BCUT2D eigenvalue weighted by atomic mass is 79.9. The van der Waals surface area contributed by atoms with Gasteiger partial charge in [0.2, 0.25) is 0 Å². The van der Waals surface area contributed by atoms with E-state index in [0.717, 1.165) is 27.6 Å². The molecule has 0 aliphatic heterocycles. The summed E-state index contributed by atoms with van der Waals surface area (Å²) in [4.78, 5) is 5.24. The Morgan fingerprint density at radius 1 is 1.47 bits per heavy atom. The van der Waals surface area contributed by atoms with Crippen LogP contribution in [0, 0.1) is 0 Å². The van der Waals surface area contributed by atoms with Crippen LogP contribution in [0.1, 0.15) is 16.7 Å². The van der Waals surface area contributed by atoms with Gasteiger partial charge in [0.1, 0.15) is 11.3 Å². The number of nitrogens with two attached hydrogens (primary N) is 1. The highest BCUT2D eigenvalue weighted by molar-refractivity contribution is 9.10. The van der Waals surface area contributed by atoms with Gasteiger partial charge in [-0.25, -0.2) is 5.43 Å². The first kappa shape index (κ1) is 12.8. The van der Waals surface area contributed by atoms with Crippen LogP contribution in [-0.4, -0.2) is 4.98 Å². The molecule has 0 bridgehead atoms. The summed E-state index contributed by atoms with van der Waals surface area (Å²) in [6, 6.07) is 7.93. The fourth-order valence-electron chi connectivity index (χ4n) is 2.00. The Hall–Kier alpha value is -1.21. The number of nitrogens with zero attached hydrogens (tertiary/aromatic N) is 1. The van der Waals surface area contributed by atoms with Crippen molar-refractivity contribution in [2.75, 3.05) is 0 Å². The van der Waals surface area contributed by atoms with Crippen molar-refractivity contribution in [1.29, 1.82) is 0 Å². The molecule has 0 aliphatic carbocycles. The number of thiazole rings is 1. The van der Waals surface area contributed by atoms with Gasteiger partial charge < -0.3 is 4.42 Å². The molecule has 4 nitrogen and oxygen atoms in total. The van der Waals surface area contributed by atoms with Crippen LogP contribution in [0.25, 0.3) is 11.0 Å². The maximum atomic E-state index is 5.90. The fourth-order valence-corrected chi connectivity index (χ4v) is 3.11. The lowest BCUT2D eigenvalue weighted by Crippen LogP contribution is -2.29. The molecule has 0 saturated heterocycles. The van der Waals surface area contributed by atoms with Crippen LogP contribution in [0.3, 0.4) is 0 Å². The summed E-state index contributed by atoms with van der Waals surface area (Å²) in [5.74, 6) is 6.48. The first-order chi connectivity index (χ1) is 9.28. The first-order valence-electron chi connectivity index (χ1n) is 5.79. The molecule has 0 fully saturated rings. The highest BCUT2D eigenvalue weighted by Gasteiger charge is 2.17. The quantitative estimate of drug-likeness (QED) is 0.565. The van der Waals surface area contributed by atoms with Crippen LogP contribution in [0.4, 0.5) is 0 Å². The third kappa shape index (κ3) is 2.57. The van der Waals surface area contributed by atoms with Crippen molar-refractivity contribution < 1.29 is 4.42 Å². The molecule has 0 aliphatic rings. The summed E-state index contributed by atoms with van der Waals surface area (Å²) in [5.41, 5.74) is 5.47. The molecule has 3 rings (SSSR count). The monoisotopic (exact) mass is 337 g/mol. The molecule has 6 heteroatoms. The smallest absolute Gasteiger partial charge is 0.148 e. The molecule has 0 spiro atoms. The Morgan fingerprint density at radius 3 is 3.05 bits per heavy atom. The Morgan fingerprint density at radius 2 is 2.37 bits per heavy atom. The van der Waals surface area contributed by atoms with Crippen molar-refractivity contribution in [3.8, 4) is 0 Å². The van der Waals surface area contributed by atoms with Gasteiger partial charge in [-0.05, 0) is 28.1 Å². The molecule has 2 heterocycles. The zero-order chi connectivity index (χ0) is 13.2. The van der Waals surface area contributed by atoms with Gasteiger partial charge in [0.05, 0.1) is 16.0 Å².